The Labute approximate surface area is 123 Å². The monoisotopic (exact) mass is 273 g/mol. The second kappa shape index (κ2) is 6.62. The van der Waals surface area contributed by atoms with Gasteiger partial charge in [0, 0.05) is 18.8 Å². The molecule has 1 unspecified atom stereocenters. The fourth-order valence-electron chi connectivity index (χ4n) is 2.74. The molecule has 1 heterocycles. The SMILES string of the molecule is CCCCN(CC1CO1)c1ccc(CCC2CC2)cc1. The molecule has 1 aliphatic carbocycles. The van der Waals surface area contributed by atoms with E-state index in [2.05, 4.69) is 36.1 Å². The van der Waals surface area contributed by atoms with E-state index in [0.29, 0.717) is 6.10 Å². The van der Waals surface area contributed by atoms with E-state index in [0.717, 1.165) is 25.6 Å². The average Bonchev–Trinajstić information content (AvgIpc) is 3.37. The minimum absolute atomic E-state index is 0.474. The van der Waals surface area contributed by atoms with Gasteiger partial charge in [-0.25, -0.2) is 0 Å². The first-order valence-electron chi connectivity index (χ1n) is 8.30. The van der Waals surface area contributed by atoms with Crippen LogP contribution in [0.15, 0.2) is 24.3 Å². The van der Waals surface area contributed by atoms with Gasteiger partial charge in [-0.3, -0.25) is 0 Å². The van der Waals surface area contributed by atoms with Crippen molar-refractivity contribution in [1.82, 2.24) is 0 Å². The Hall–Kier alpha value is -1.02. The van der Waals surface area contributed by atoms with Gasteiger partial charge in [0.2, 0.25) is 0 Å². The molecule has 0 N–H and O–H groups in total. The summed E-state index contributed by atoms with van der Waals surface area (Å²) in [5.41, 5.74) is 2.86. The van der Waals surface area contributed by atoms with E-state index in [9.17, 15) is 0 Å². The summed E-state index contributed by atoms with van der Waals surface area (Å²) in [4.78, 5) is 2.49. The minimum atomic E-state index is 0.474. The van der Waals surface area contributed by atoms with Crippen LogP contribution >= 0.6 is 0 Å². The van der Waals surface area contributed by atoms with Gasteiger partial charge >= 0.3 is 0 Å². The predicted molar refractivity (Wildman–Crippen MR) is 84.3 cm³/mol. The summed E-state index contributed by atoms with van der Waals surface area (Å²) < 4.78 is 5.39. The zero-order valence-electron chi connectivity index (χ0n) is 12.7. The molecule has 1 aliphatic heterocycles. The van der Waals surface area contributed by atoms with E-state index in [1.54, 1.807) is 0 Å². The van der Waals surface area contributed by atoms with Gasteiger partial charge in [-0.2, -0.15) is 0 Å². The van der Waals surface area contributed by atoms with Crippen LogP contribution in [0.3, 0.4) is 0 Å². The van der Waals surface area contributed by atoms with Gasteiger partial charge in [0.25, 0.3) is 0 Å². The number of aryl methyl sites for hydroxylation is 1. The van der Waals surface area contributed by atoms with Crippen molar-refractivity contribution < 1.29 is 4.74 Å². The van der Waals surface area contributed by atoms with Gasteiger partial charge in [-0.15, -0.1) is 0 Å². The lowest BCUT2D eigenvalue weighted by Crippen LogP contribution is -2.28. The molecule has 0 spiro atoms. The van der Waals surface area contributed by atoms with Crippen molar-refractivity contribution in [3.8, 4) is 0 Å². The Morgan fingerprint density at radius 3 is 2.55 bits per heavy atom. The highest BCUT2D eigenvalue weighted by Crippen LogP contribution is 2.33. The molecule has 0 aromatic heterocycles. The quantitative estimate of drug-likeness (QED) is 0.631. The Morgan fingerprint density at radius 1 is 1.20 bits per heavy atom. The first kappa shape index (κ1) is 13.9. The molecule has 2 fully saturated rings. The van der Waals surface area contributed by atoms with E-state index in [-0.39, 0.29) is 0 Å². The summed E-state index contributed by atoms with van der Waals surface area (Å²) in [6.07, 6.45) is 8.55. The zero-order chi connectivity index (χ0) is 13.8. The van der Waals surface area contributed by atoms with E-state index in [4.69, 9.17) is 4.74 Å². The fourth-order valence-corrected chi connectivity index (χ4v) is 2.74. The van der Waals surface area contributed by atoms with Crippen LogP contribution in [0.1, 0.15) is 44.6 Å². The fraction of sp³-hybridized carbons (Fsp3) is 0.667. The molecule has 1 atom stereocenters. The number of epoxide rings is 1. The third-order valence-corrected chi connectivity index (χ3v) is 4.45. The zero-order valence-corrected chi connectivity index (χ0v) is 12.7. The van der Waals surface area contributed by atoms with Gasteiger partial charge in [-0.05, 0) is 42.9 Å². The van der Waals surface area contributed by atoms with Crippen LogP contribution in [0.4, 0.5) is 5.69 Å². The van der Waals surface area contributed by atoms with Gasteiger partial charge in [0.1, 0.15) is 0 Å². The lowest BCUT2D eigenvalue weighted by molar-refractivity contribution is 0.406. The van der Waals surface area contributed by atoms with Crippen LogP contribution in [-0.2, 0) is 11.2 Å². The van der Waals surface area contributed by atoms with Gasteiger partial charge in [0.05, 0.1) is 12.7 Å². The van der Waals surface area contributed by atoms with Crippen LogP contribution in [-0.4, -0.2) is 25.8 Å². The van der Waals surface area contributed by atoms with Gasteiger partial charge < -0.3 is 9.64 Å². The van der Waals surface area contributed by atoms with Crippen LogP contribution in [0.25, 0.3) is 0 Å². The van der Waals surface area contributed by atoms with Crippen LogP contribution < -0.4 is 4.90 Å². The number of hydrogen-bond acceptors (Lipinski definition) is 2. The topological polar surface area (TPSA) is 15.8 Å². The summed E-state index contributed by atoms with van der Waals surface area (Å²) in [6.45, 7) is 5.41. The van der Waals surface area contributed by atoms with Crippen molar-refractivity contribution in [1.29, 1.82) is 0 Å². The maximum atomic E-state index is 5.39. The van der Waals surface area contributed by atoms with Gasteiger partial charge in [-0.1, -0.05) is 38.3 Å². The van der Waals surface area contributed by atoms with Crippen molar-refractivity contribution in [2.24, 2.45) is 5.92 Å². The standard InChI is InChI=1S/C18H27NO/c1-2-3-12-19(13-18-14-20-18)17-10-8-16(9-11-17)7-6-15-4-5-15/h8-11,15,18H,2-7,12-14H2,1H3. The Bertz CT molecular complexity index is 406. The number of nitrogens with zero attached hydrogens (tertiary/aromatic N) is 1. The number of hydrogen-bond donors (Lipinski definition) is 0. The van der Waals surface area contributed by atoms with Gasteiger partial charge in [0.15, 0.2) is 0 Å². The Balaban J connectivity index is 1.56. The van der Waals surface area contributed by atoms with Crippen molar-refractivity contribution in [2.75, 3.05) is 24.6 Å². The molecule has 1 aromatic rings. The summed E-state index contributed by atoms with van der Waals surface area (Å²) in [6, 6.07) is 9.26. The molecule has 1 aromatic carbocycles. The molecule has 0 bridgehead atoms. The number of unbranched alkanes of at least 4 members (excludes halogenated alkanes) is 1. The molecule has 1 saturated carbocycles. The highest BCUT2D eigenvalue weighted by molar-refractivity contribution is 5.48. The summed E-state index contributed by atoms with van der Waals surface area (Å²) in [5, 5.41) is 0. The number of ether oxygens (including phenoxy) is 1. The van der Waals surface area contributed by atoms with Crippen LogP contribution in [0.2, 0.25) is 0 Å². The van der Waals surface area contributed by atoms with Crippen molar-refractivity contribution >= 4 is 5.69 Å². The van der Waals surface area contributed by atoms with Crippen molar-refractivity contribution in [3.05, 3.63) is 29.8 Å². The van der Waals surface area contributed by atoms with E-state index >= 15 is 0 Å². The molecule has 0 radical (unpaired) electrons. The second-order valence-corrected chi connectivity index (χ2v) is 6.40. The highest BCUT2D eigenvalue weighted by Gasteiger charge is 2.25. The lowest BCUT2D eigenvalue weighted by atomic mass is 10.1. The molecular formula is C18H27NO. The predicted octanol–water partition coefficient (Wildman–Crippen LogP) is 4.03. The Kier molecular flexibility index (Phi) is 4.62. The lowest BCUT2D eigenvalue weighted by Gasteiger charge is -2.24. The first-order valence-corrected chi connectivity index (χ1v) is 8.30. The third-order valence-electron chi connectivity index (χ3n) is 4.45. The third kappa shape index (κ3) is 4.24. The van der Waals surface area contributed by atoms with E-state index < -0.39 is 0 Å². The molecule has 2 heteroatoms. The summed E-state index contributed by atoms with van der Waals surface area (Å²) in [5.74, 6) is 1.03. The maximum absolute atomic E-state index is 5.39. The first-order chi connectivity index (χ1) is 9.85. The molecular weight excluding hydrogens is 246 g/mol. The summed E-state index contributed by atoms with van der Waals surface area (Å²) in [7, 11) is 0. The van der Waals surface area contributed by atoms with E-state index in [1.807, 2.05) is 0 Å². The largest absolute Gasteiger partial charge is 0.371 e. The molecule has 2 aliphatic rings. The number of anilines is 1. The molecule has 3 rings (SSSR count). The smallest absolute Gasteiger partial charge is 0.0984 e. The normalized spacial score (nSPS) is 20.9. The molecule has 1 saturated heterocycles. The van der Waals surface area contributed by atoms with Crippen molar-refractivity contribution in [2.45, 2.75) is 51.6 Å². The Morgan fingerprint density at radius 2 is 1.95 bits per heavy atom. The number of benzene rings is 1. The highest BCUT2D eigenvalue weighted by atomic mass is 16.6. The van der Waals surface area contributed by atoms with Crippen LogP contribution in [0, 0.1) is 5.92 Å². The van der Waals surface area contributed by atoms with E-state index in [1.165, 1.54) is 49.8 Å². The number of rotatable bonds is 9. The average molecular weight is 273 g/mol. The van der Waals surface area contributed by atoms with Crippen molar-refractivity contribution in [3.63, 3.8) is 0 Å². The minimum Gasteiger partial charge on any atom is -0.371 e. The molecule has 2 nitrogen and oxygen atoms in total. The molecule has 110 valence electrons. The maximum Gasteiger partial charge on any atom is 0.0984 e. The summed E-state index contributed by atoms with van der Waals surface area (Å²) >= 11 is 0. The second-order valence-electron chi connectivity index (χ2n) is 6.40. The molecule has 20 heavy (non-hydrogen) atoms. The van der Waals surface area contributed by atoms with Crippen LogP contribution in [0.5, 0.6) is 0 Å². The molecule has 0 amide bonds.